The summed E-state index contributed by atoms with van der Waals surface area (Å²) in [6, 6.07) is 19.2. The average Bonchev–Trinajstić information content (AvgIpc) is 3.06. The van der Waals surface area contributed by atoms with E-state index in [1.54, 1.807) is 73.8 Å². The predicted molar refractivity (Wildman–Crippen MR) is 130 cm³/mol. The zero-order chi connectivity index (χ0) is 23.5. The van der Waals surface area contributed by atoms with E-state index >= 15 is 0 Å². The van der Waals surface area contributed by atoms with E-state index in [1.165, 1.54) is 4.90 Å². The third-order valence-corrected chi connectivity index (χ3v) is 5.55. The van der Waals surface area contributed by atoms with Crippen LogP contribution in [0.1, 0.15) is 18.1 Å². The number of amides is 2. The Labute approximate surface area is 197 Å². The molecule has 0 aromatic heterocycles. The second-order valence-corrected chi connectivity index (χ2v) is 7.87. The number of nitrogens with one attached hydrogen (secondary N) is 1. The van der Waals surface area contributed by atoms with Gasteiger partial charge in [-0.25, -0.2) is 4.90 Å². The molecule has 0 saturated carbocycles. The van der Waals surface area contributed by atoms with Gasteiger partial charge >= 0.3 is 0 Å². The maximum atomic E-state index is 13.5. The third-order valence-electron chi connectivity index (χ3n) is 5.32. The quantitative estimate of drug-likeness (QED) is 0.473. The number of nitrogens with zero attached hydrogens (tertiary/aromatic N) is 1. The zero-order valence-corrected chi connectivity index (χ0v) is 19.3. The molecule has 1 aliphatic heterocycles. The number of anilines is 2. The zero-order valence-electron chi connectivity index (χ0n) is 18.5. The Morgan fingerprint density at radius 3 is 2.18 bits per heavy atom. The summed E-state index contributed by atoms with van der Waals surface area (Å²) in [6.07, 6.45) is 0. The van der Waals surface area contributed by atoms with Crippen molar-refractivity contribution in [3.8, 4) is 11.5 Å². The van der Waals surface area contributed by atoms with Gasteiger partial charge < -0.3 is 14.8 Å². The number of methoxy groups -OCH3 is 1. The summed E-state index contributed by atoms with van der Waals surface area (Å²) in [5.74, 6) is 0.467. The van der Waals surface area contributed by atoms with Crippen molar-refractivity contribution in [1.29, 1.82) is 0 Å². The second-order valence-electron chi connectivity index (χ2n) is 7.44. The molecule has 0 saturated heterocycles. The van der Waals surface area contributed by atoms with Crippen molar-refractivity contribution >= 4 is 40.4 Å². The number of halogens is 1. The first-order valence-corrected chi connectivity index (χ1v) is 10.8. The molecule has 0 atom stereocenters. The molecule has 1 heterocycles. The summed E-state index contributed by atoms with van der Waals surface area (Å²) in [7, 11) is 1.57. The Balaban J connectivity index is 1.78. The molecule has 0 fully saturated rings. The van der Waals surface area contributed by atoms with Crippen molar-refractivity contribution < 1.29 is 19.1 Å². The lowest BCUT2D eigenvalue weighted by atomic mass is 10.0. The molecular weight excluding hydrogens is 440 g/mol. The Morgan fingerprint density at radius 1 is 0.909 bits per heavy atom. The van der Waals surface area contributed by atoms with E-state index in [0.717, 1.165) is 5.56 Å². The van der Waals surface area contributed by atoms with Crippen LogP contribution in [-0.2, 0) is 9.59 Å². The molecule has 4 rings (SSSR count). The van der Waals surface area contributed by atoms with Crippen LogP contribution < -0.4 is 19.7 Å². The van der Waals surface area contributed by atoms with Crippen LogP contribution in [-0.4, -0.2) is 25.5 Å². The summed E-state index contributed by atoms with van der Waals surface area (Å²) in [5, 5.41) is 3.77. The lowest BCUT2D eigenvalue weighted by Gasteiger charge is -2.16. The minimum Gasteiger partial charge on any atom is -0.497 e. The van der Waals surface area contributed by atoms with E-state index in [4.69, 9.17) is 21.1 Å². The number of carbonyl (C=O) groups is 2. The number of ether oxygens (including phenoxy) is 2. The number of imide groups is 1. The van der Waals surface area contributed by atoms with Crippen molar-refractivity contribution in [3.05, 3.63) is 88.6 Å². The second kappa shape index (κ2) is 9.38. The molecule has 3 aromatic carbocycles. The fourth-order valence-corrected chi connectivity index (χ4v) is 3.89. The smallest absolute Gasteiger partial charge is 0.282 e. The molecule has 0 unspecified atom stereocenters. The number of benzene rings is 3. The van der Waals surface area contributed by atoms with Crippen molar-refractivity contribution in [2.75, 3.05) is 23.9 Å². The van der Waals surface area contributed by atoms with Gasteiger partial charge in [0.1, 0.15) is 17.2 Å². The van der Waals surface area contributed by atoms with Gasteiger partial charge in [0, 0.05) is 10.7 Å². The van der Waals surface area contributed by atoms with Gasteiger partial charge in [0.25, 0.3) is 11.8 Å². The van der Waals surface area contributed by atoms with Crippen molar-refractivity contribution in [2.24, 2.45) is 0 Å². The fraction of sp³-hybridized carbons (Fsp3) is 0.154. The highest BCUT2D eigenvalue weighted by molar-refractivity contribution is 6.46. The number of hydrogen-bond donors (Lipinski definition) is 1. The first kappa shape index (κ1) is 22.4. The molecular formula is C26H23ClN2O4. The maximum absolute atomic E-state index is 13.5. The van der Waals surface area contributed by atoms with Crippen LogP contribution in [0.4, 0.5) is 11.4 Å². The van der Waals surface area contributed by atoms with Crippen LogP contribution in [0.2, 0.25) is 5.02 Å². The predicted octanol–water partition coefficient (Wildman–Crippen LogP) is 5.45. The SMILES string of the molecule is CCOc1ccc(N2C(=O)C(Nc3ccc(Cl)cc3C)=C(c3ccc(OC)cc3)C2=O)cc1. The number of carbonyl (C=O) groups excluding carboxylic acids is 2. The van der Waals surface area contributed by atoms with Gasteiger partial charge in [-0.2, -0.15) is 0 Å². The highest BCUT2D eigenvalue weighted by Gasteiger charge is 2.40. The monoisotopic (exact) mass is 462 g/mol. The summed E-state index contributed by atoms with van der Waals surface area (Å²) in [6.45, 7) is 4.30. The summed E-state index contributed by atoms with van der Waals surface area (Å²) >= 11 is 6.09. The molecule has 0 spiro atoms. The van der Waals surface area contributed by atoms with Crippen LogP contribution in [0.15, 0.2) is 72.4 Å². The van der Waals surface area contributed by atoms with Gasteiger partial charge in [0.05, 0.1) is 25.0 Å². The molecule has 1 N–H and O–H groups in total. The third kappa shape index (κ3) is 4.43. The Bertz CT molecular complexity index is 1230. The molecule has 33 heavy (non-hydrogen) atoms. The van der Waals surface area contributed by atoms with Gasteiger partial charge in [-0.3, -0.25) is 9.59 Å². The van der Waals surface area contributed by atoms with Gasteiger partial charge in [-0.1, -0.05) is 23.7 Å². The normalized spacial score (nSPS) is 13.5. The maximum Gasteiger partial charge on any atom is 0.282 e. The molecule has 168 valence electrons. The number of hydrogen-bond acceptors (Lipinski definition) is 5. The van der Waals surface area contributed by atoms with E-state index in [2.05, 4.69) is 5.32 Å². The first-order chi connectivity index (χ1) is 15.9. The van der Waals surface area contributed by atoms with Crippen LogP contribution in [0, 0.1) is 6.92 Å². The standard InChI is InChI=1S/C26H23ClN2O4/c1-4-33-21-12-8-19(9-13-21)29-25(30)23(17-5-10-20(32-3)11-6-17)24(26(29)31)28-22-14-7-18(27)15-16(22)2/h5-15,28H,4H2,1-3H3. The lowest BCUT2D eigenvalue weighted by molar-refractivity contribution is -0.120. The highest BCUT2D eigenvalue weighted by Crippen LogP contribution is 2.35. The average molecular weight is 463 g/mol. The van der Waals surface area contributed by atoms with E-state index < -0.39 is 11.8 Å². The van der Waals surface area contributed by atoms with Gasteiger partial charge in [-0.15, -0.1) is 0 Å². The van der Waals surface area contributed by atoms with E-state index in [0.29, 0.717) is 40.1 Å². The molecule has 2 amide bonds. The molecule has 6 nitrogen and oxygen atoms in total. The van der Waals surface area contributed by atoms with Crippen molar-refractivity contribution in [1.82, 2.24) is 0 Å². The minimum atomic E-state index is -0.440. The lowest BCUT2D eigenvalue weighted by Crippen LogP contribution is -2.32. The van der Waals surface area contributed by atoms with Crippen molar-refractivity contribution in [3.63, 3.8) is 0 Å². The Hall–Kier alpha value is -3.77. The molecule has 0 radical (unpaired) electrons. The fourth-order valence-electron chi connectivity index (χ4n) is 3.67. The van der Waals surface area contributed by atoms with Crippen LogP contribution in [0.3, 0.4) is 0 Å². The van der Waals surface area contributed by atoms with Crippen LogP contribution in [0.5, 0.6) is 11.5 Å². The summed E-state index contributed by atoms with van der Waals surface area (Å²) < 4.78 is 10.7. The summed E-state index contributed by atoms with van der Waals surface area (Å²) in [4.78, 5) is 28.2. The van der Waals surface area contributed by atoms with Crippen LogP contribution in [0.25, 0.3) is 5.57 Å². The largest absolute Gasteiger partial charge is 0.497 e. The van der Waals surface area contributed by atoms with Crippen LogP contribution >= 0.6 is 11.6 Å². The molecule has 0 bridgehead atoms. The Kier molecular flexibility index (Phi) is 6.38. The van der Waals surface area contributed by atoms with Crippen molar-refractivity contribution in [2.45, 2.75) is 13.8 Å². The molecule has 3 aromatic rings. The number of aryl methyl sites for hydroxylation is 1. The topological polar surface area (TPSA) is 67.9 Å². The van der Waals surface area contributed by atoms with Gasteiger partial charge in [0.15, 0.2) is 0 Å². The molecule has 7 heteroatoms. The molecule has 0 aliphatic carbocycles. The van der Waals surface area contributed by atoms with E-state index in [9.17, 15) is 9.59 Å². The molecule has 1 aliphatic rings. The van der Waals surface area contributed by atoms with E-state index in [-0.39, 0.29) is 11.3 Å². The highest BCUT2D eigenvalue weighted by atomic mass is 35.5. The number of rotatable bonds is 7. The summed E-state index contributed by atoms with van der Waals surface area (Å²) in [5.41, 5.74) is 3.09. The Morgan fingerprint density at radius 2 is 1.58 bits per heavy atom. The van der Waals surface area contributed by atoms with Gasteiger partial charge in [-0.05, 0) is 79.6 Å². The van der Waals surface area contributed by atoms with E-state index in [1.807, 2.05) is 13.8 Å². The van der Waals surface area contributed by atoms with Gasteiger partial charge in [0.2, 0.25) is 0 Å². The minimum absolute atomic E-state index is 0.199. The first-order valence-electron chi connectivity index (χ1n) is 10.5.